The Kier molecular flexibility index (Phi) is 8.72. The lowest BCUT2D eigenvalue weighted by molar-refractivity contribution is 0.282. The Morgan fingerprint density at radius 1 is 1.19 bits per heavy atom. The van der Waals surface area contributed by atoms with Crippen molar-refractivity contribution in [2.75, 3.05) is 34.3 Å². The summed E-state index contributed by atoms with van der Waals surface area (Å²) in [5.41, 5.74) is 2.08. The number of benzene rings is 2. The highest BCUT2D eigenvalue weighted by molar-refractivity contribution is 9.10. The van der Waals surface area contributed by atoms with Gasteiger partial charge in [0.15, 0.2) is 11.5 Å². The molecule has 0 amide bonds. The lowest BCUT2D eigenvalue weighted by Crippen LogP contribution is -2.21. The molecule has 6 heteroatoms. The fraction of sp³-hybridized carbons (Fsp3) is 0.400. The van der Waals surface area contributed by atoms with Crippen LogP contribution in [0.25, 0.3) is 0 Å². The standard InChI is InChI=1S/C20H26BrClN2O2/c1-24(2)10-6-9-23-13-15-11-17(21)20(19(12-15)25-3)26-14-16-7-4-5-8-18(16)22/h4-5,7-8,11-12,23H,6,9-10,13-14H2,1-3H3. The van der Waals surface area contributed by atoms with E-state index in [1.54, 1.807) is 7.11 Å². The number of rotatable bonds is 10. The predicted octanol–water partition coefficient (Wildman–Crippen LogP) is 4.73. The zero-order valence-electron chi connectivity index (χ0n) is 15.5. The van der Waals surface area contributed by atoms with Gasteiger partial charge in [-0.3, -0.25) is 0 Å². The molecule has 0 heterocycles. The zero-order chi connectivity index (χ0) is 18.9. The van der Waals surface area contributed by atoms with E-state index >= 15 is 0 Å². The molecule has 26 heavy (non-hydrogen) atoms. The molecule has 0 saturated heterocycles. The third-order valence-electron chi connectivity index (χ3n) is 3.91. The van der Waals surface area contributed by atoms with Gasteiger partial charge in [0.1, 0.15) is 6.61 Å². The van der Waals surface area contributed by atoms with Crippen molar-refractivity contribution in [1.29, 1.82) is 0 Å². The number of methoxy groups -OCH3 is 1. The van der Waals surface area contributed by atoms with Crippen molar-refractivity contribution >= 4 is 27.5 Å². The van der Waals surface area contributed by atoms with Crippen LogP contribution >= 0.6 is 27.5 Å². The fourth-order valence-electron chi connectivity index (χ4n) is 2.53. The van der Waals surface area contributed by atoms with Crippen molar-refractivity contribution in [3.05, 3.63) is 57.0 Å². The average Bonchev–Trinajstić information content (AvgIpc) is 2.61. The number of hydrogen-bond donors (Lipinski definition) is 1. The summed E-state index contributed by atoms with van der Waals surface area (Å²) in [5.74, 6) is 1.39. The molecule has 4 nitrogen and oxygen atoms in total. The van der Waals surface area contributed by atoms with Crippen molar-refractivity contribution in [2.24, 2.45) is 0 Å². The van der Waals surface area contributed by atoms with Gasteiger partial charge >= 0.3 is 0 Å². The van der Waals surface area contributed by atoms with Crippen molar-refractivity contribution < 1.29 is 9.47 Å². The summed E-state index contributed by atoms with van der Waals surface area (Å²) in [5, 5.41) is 4.15. The molecule has 2 aromatic carbocycles. The van der Waals surface area contributed by atoms with Crippen LogP contribution in [0.3, 0.4) is 0 Å². The van der Waals surface area contributed by atoms with Gasteiger partial charge in [-0.2, -0.15) is 0 Å². The molecular weight excluding hydrogens is 416 g/mol. The molecule has 0 radical (unpaired) electrons. The Balaban J connectivity index is 1.98. The predicted molar refractivity (Wildman–Crippen MR) is 111 cm³/mol. The van der Waals surface area contributed by atoms with Gasteiger partial charge in [0.2, 0.25) is 0 Å². The van der Waals surface area contributed by atoms with E-state index in [2.05, 4.69) is 46.3 Å². The molecule has 0 unspecified atom stereocenters. The van der Waals surface area contributed by atoms with Gasteiger partial charge in [-0.05, 0) is 73.3 Å². The molecule has 0 aromatic heterocycles. The second-order valence-electron chi connectivity index (χ2n) is 6.32. The van der Waals surface area contributed by atoms with Gasteiger partial charge in [-0.15, -0.1) is 0 Å². The first-order chi connectivity index (χ1) is 12.5. The zero-order valence-corrected chi connectivity index (χ0v) is 17.9. The fourth-order valence-corrected chi connectivity index (χ4v) is 3.33. The molecule has 142 valence electrons. The summed E-state index contributed by atoms with van der Waals surface area (Å²) in [7, 11) is 5.82. The van der Waals surface area contributed by atoms with Crippen LogP contribution in [0.5, 0.6) is 11.5 Å². The Bertz CT molecular complexity index is 710. The quantitative estimate of drug-likeness (QED) is 0.540. The number of nitrogens with zero attached hydrogens (tertiary/aromatic N) is 1. The molecule has 0 fully saturated rings. The molecule has 0 aliphatic rings. The Hall–Kier alpha value is -1.27. The van der Waals surface area contributed by atoms with Gasteiger partial charge in [0.25, 0.3) is 0 Å². The maximum atomic E-state index is 6.20. The van der Waals surface area contributed by atoms with Crippen LogP contribution < -0.4 is 14.8 Å². The van der Waals surface area contributed by atoms with Crippen molar-refractivity contribution in [2.45, 2.75) is 19.6 Å². The third-order valence-corrected chi connectivity index (χ3v) is 4.86. The lowest BCUT2D eigenvalue weighted by Gasteiger charge is -2.15. The van der Waals surface area contributed by atoms with Gasteiger partial charge in [0, 0.05) is 17.1 Å². The summed E-state index contributed by atoms with van der Waals surface area (Å²) in [6.07, 6.45) is 1.12. The van der Waals surface area contributed by atoms with Crippen molar-refractivity contribution in [1.82, 2.24) is 10.2 Å². The summed E-state index contributed by atoms with van der Waals surface area (Å²) in [6.45, 7) is 3.22. The van der Waals surface area contributed by atoms with E-state index in [1.807, 2.05) is 30.3 Å². The number of ether oxygens (including phenoxy) is 2. The molecular formula is C20H26BrClN2O2. The van der Waals surface area contributed by atoms with Gasteiger partial charge in [0.05, 0.1) is 11.6 Å². The number of hydrogen-bond acceptors (Lipinski definition) is 4. The number of nitrogens with one attached hydrogen (secondary N) is 1. The first-order valence-corrected chi connectivity index (χ1v) is 9.76. The molecule has 0 saturated carbocycles. The Labute approximate surface area is 169 Å². The summed E-state index contributed by atoms with van der Waals surface area (Å²) in [4.78, 5) is 2.19. The molecule has 0 aliphatic heterocycles. The summed E-state index contributed by atoms with van der Waals surface area (Å²) in [6, 6.07) is 11.7. The minimum Gasteiger partial charge on any atom is -0.493 e. The van der Waals surface area contributed by atoms with Crippen molar-refractivity contribution in [3.8, 4) is 11.5 Å². The molecule has 0 atom stereocenters. The average molecular weight is 442 g/mol. The van der Waals surface area contributed by atoms with Crippen LogP contribution in [0, 0.1) is 0 Å². The minimum atomic E-state index is 0.386. The third kappa shape index (κ3) is 6.47. The van der Waals surface area contributed by atoms with Crippen LogP contribution in [0.15, 0.2) is 40.9 Å². The highest BCUT2D eigenvalue weighted by Crippen LogP contribution is 2.37. The van der Waals surface area contributed by atoms with E-state index in [4.69, 9.17) is 21.1 Å². The molecule has 0 bridgehead atoms. The molecule has 1 N–H and O–H groups in total. The molecule has 0 spiro atoms. The van der Waals surface area contributed by atoms with Crippen molar-refractivity contribution in [3.63, 3.8) is 0 Å². The smallest absolute Gasteiger partial charge is 0.175 e. The molecule has 2 rings (SSSR count). The van der Waals surface area contributed by atoms with Crippen LogP contribution in [0.2, 0.25) is 5.02 Å². The van der Waals surface area contributed by atoms with E-state index in [-0.39, 0.29) is 0 Å². The SMILES string of the molecule is COc1cc(CNCCCN(C)C)cc(Br)c1OCc1ccccc1Cl. The van der Waals surface area contributed by atoms with E-state index in [0.717, 1.165) is 41.7 Å². The lowest BCUT2D eigenvalue weighted by atomic mass is 10.2. The maximum Gasteiger partial charge on any atom is 0.175 e. The maximum absolute atomic E-state index is 6.20. The number of halogens is 2. The van der Waals surface area contributed by atoms with Crippen LogP contribution in [0.4, 0.5) is 0 Å². The summed E-state index contributed by atoms with van der Waals surface area (Å²) < 4.78 is 12.4. The summed E-state index contributed by atoms with van der Waals surface area (Å²) >= 11 is 9.80. The molecule has 0 aliphatic carbocycles. The molecule has 2 aromatic rings. The van der Waals surface area contributed by atoms with Gasteiger partial charge in [-0.1, -0.05) is 29.8 Å². The van der Waals surface area contributed by atoms with Crippen LogP contribution in [0.1, 0.15) is 17.5 Å². The topological polar surface area (TPSA) is 33.7 Å². The monoisotopic (exact) mass is 440 g/mol. The van der Waals surface area contributed by atoms with Crippen LogP contribution in [-0.4, -0.2) is 39.2 Å². The van der Waals surface area contributed by atoms with E-state index in [0.29, 0.717) is 23.1 Å². The Morgan fingerprint density at radius 3 is 2.65 bits per heavy atom. The van der Waals surface area contributed by atoms with E-state index < -0.39 is 0 Å². The second-order valence-corrected chi connectivity index (χ2v) is 7.58. The normalized spacial score (nSPS) is 11.0. The van der Waals surface area contributed by atoms with E-state index in [1.165, 1.54) is 0 Å². The van der Waals surface area contributed by atoms with Gasteiger partial charge in [-0.25, -0.2) is 0 Å². The Morgan fingerprint density at radius 2 is 1.96 bits per heavy atom. The minimum absolute atomic E-state index is 0.386. The largest absolute Gasteiger partial charge is 0.493 e. The van der Waals surface area contributed by atoms with E-state index in [9.17, 15) is 0 Å². The highest BCUT2D eigenvalue weighted by atomic mass is 79.9. The van der Waals surface area contributed by atoms with Crippen LogP contribution in [-0.2, 0) is 13.2 Å². The first kappa shape index (κ1) is 21.0. The second kappa shape index (κ2) is 10.8. The highest BCUT2D eigenvalue weighted by Gasteiger charge is 2.12. The van der Waals surface area contributed by atoms with Gasteiger partial charge < -0.3 is 19.7 Å². The first-order valence-electron chi connectivity index (χ1n) is 8.59.